The molecule has 1 aromatic carbocycles. The maximum atomic E-state index is 12.1. The summed E-state index contributed by atoms with van der Waals surface area (Å²) in [6.07, 6.45) is 0. The summed E-state index contributed by atoms with van der Waals surface area (Å²) in [5.41, 5.74) is 7.00. The molecule has 0 aromatic heterocycles. The van der Waals surface area contributed by atoms with Crippen molar-refractivity contribution in [1.29, 1.82) is 0 Å². The molecule has 1 rings (SSSR count). The third-order valence-corrected chi connectivity index (χ3v) is 3.21. The summed E-state index contributed by atoms with van der Waals surface area (Å²) >= 11 is 0. The molecule has 0 unspecified atom stereocenters. The molecule has 5 heteroatoms. The van der Waals surface area contributed by atoms with Crippen molar-refractivity contribution in [2.24, 2.45) is 11.1 Å². The van der Waals surface area contributed by atoms with E-state index in [1.54, 1.807) is 19.9 Å². The van der Waals surface area contributed by atoms with Gasteiger partial charge in [0, 0.05) is 24.3 Å². The highest BCUT2D eigenvalue weighted by Crippen LogP contribution is 2.16. The van der Waals surface area contributed by atoms with E-state index in [1.807, 2.05) is 26.0 Å². The van der Waals surface area contributed by atoms with E-state index in [9.17, 15) is 9.59 Å². The summed E-state index contributed by atoms with van der Waals surface area (Å²) in [4.78, 5) is 23.3. The van der Waals surface area contributed by atoms with Crippen LogP contribution < -0.4 is 16.4 Å². The van der Waals surface area contributed by atoms with E-state index < -0.39 is 11.3 Å². The number of hydrogen-bond donors (Lipinski definition) is 3. The van der Waals surface area contributed by atoms with E-state index in [-0.39, 0.29) is 12.5 Å². The summed E-state index contributed by atoms with van der Waals surface area (Å²) in [5, 5.41) is 5.95. The number of aryl methyl sites for hydroxylation is 1. The average molecular weight is 277 g/mol. The number of primary amides is 1. The van der Waals surface area contributed by atoms with Crippen LogP contribution in [0.1, 0.15) is 36.7 Å². The number of anilines is 1. The monoisotopic (exact) mass is 277 g/mol. The SMILES string of the molecule is CCNc1ccc(C(=O)NCC(C)(C)C(N)=O)c(C)c1. The van der Waals surface area contributed by atoms with Crippen LogP contribution in [0.3, 0.4) is 0 Å². The number of amides is 2. The largest absolute Gasteiger partial charge is 0.385 e. The fourth-order valence-corrected chi connectivity index (χ4v) is 1.72. The summed E-state index contributed by atoms with van der Waals surface area (Å²) in [5.74, 6) is -0.628. The Labute approximate surface area is 119 Å². The first-order valence-corrected chi connectivity index (χ1v) is 6.70. The zero-order valence-electron chi connectivity index (χ0n) is 12.5. The molecule has 0 spiro atoms. The maximum absolute atomic E-state index is 12.1. The van der Waals surface area contributed by atoms with Gasteiger partial charge in [0.25, 0.3) is 5.91 Å². The molecule has 0 saturated carbocycles. The topological polar surface area (TPSA) is 84.2 Å². The standard InChI is InChI=1S/C15H23N3O2/c1-5-17-11-6-7-12(10(2)8-11)13(19)18-9-15(3,4)14(16)20/h6-8,17H,5,9H2,1-4H3,(H2,16,20)(H,18,19). The van der Waals surface area contributed by atoms with Gasteiger partial charge in [-0.1, -0.05) is 0 Å². The van der Waals surface area contributed by atoms with Crippen LogP contribution >= 0.6 is 0 Å². The van der Waals surface area contributed by atoms with Crippen molar-refractivity contribution in [3.8, 4) is 0 Å². The van der Waals surface area contributed by atoms with E-state index in [0.717, 1.165) is 17.8 Å². The third-order valence-electron chi connectivity index (χ3n) is 3.21. The van der Waals surface area contributed by atoms with Gasteiger partial charge in [-0.2, -0.15) is 0 Å². The lowest BCUT2D eigenvalue weighted by Crippen LogP contribution is -2.42. The van der Waals surface area contributed by atoms with Gasteiger partial charge in [-0.05, 0) is 51.5 Å². The molecule has 4 N–H and O–H groups in total. The second-order valence-corrected chi connectivity index (χ2v) is 5.49. The maximum Gasteiger partial charge on any atom is 0.251 e. The van der Waals surface area contributed by atoms with Gasteiger partial charge in [0.15, 0.2) is 0 Å². The molecule has 5 nitrogen and oxygen atoms in total. The number of nitrogens with one attached hydrogen (secondary N) is 2. The molecule has 0 aliphatic rings. The molecule has 0 aliphatic heterocycles. The van der Waals surface area contributed by atoms with Gasteiger partial charge in [-0.25, -0.2) is 0 Å². The molecular formula is C15H23N3O2. The zero-order chi connectivity index (χ0) is 15.3. The predicted octanol–water partition coefficient (Wildman–Crippen LogP) is 1.67. The number of rotatable bonds is 6. The van der Waals surface area contributed by atoms with Crippen molar-refractivity contribution in [3.05, 3.63) is 29.3 Å². The molecule has 0 saturated heterocycles. The third kappa shape index (κ3) is 3.98. The Morgan fingerprint density at radius 3 is 2.45 bits per heavy atom. The van der Waals surface area contributed by atoms with Crippen LogP contribution in [0.5, 0.6) is 0 Å². The minimum Gasteiger partial charge on any atom is -0.385 e. The van der Waals surface area contributed by atoms with Crippen LogP contribution in [0.25, 0.3) is 0 Å². The summed E-state index contributed by atoms with van der Waals surface area (Å²) < 4.78 is 0. The van der Waals surface area contributed by atoms with Gasteiger partial charge in [0.05, 0.1) is 5.41 Å². The Kier molecular flexibility index (Phi) is 5.13. The van der Waals surface area contributed by atoms with Crippen LogP contribution in [0, 0.1) is 12.3 Å². The van der Waals surface area contributed by atoms with E-state index >= 15 is 0 Å². The van der Waals surface area contributed by atoms with Crippen molar-refractivity contribution in [1.82, 2.24) is 5.32 Å². The van der Waals surface area contributed by atoms with E-state index in [0.29, 0.717) is 5.56 Å². The Hall–Kier alpha value is -2.04. The lowest BCUT2D eigenvalue weighted by atomic mass is 9.92. The van der Waals surface area contributed by atoms with Gasteiger partial charge in [-0.15, -0.1) is 0 Å². The van der Waals surface area contributed by atoms with Crippen molar-refractivity contribution >= 4 is 17.5 Å². The minimum absolute atomic E-state index is 0.195. The van der Waals surface area contributed by atoms with Gasteiger partial charge in [-0.3, -0.25) is 9.59 Å². The van der Waals surface area contributed by atoms with Crippen molar-refractivity contribution in [3.63, 3.8) is 0 Å². The van der Waals surface area contributed by atoms with Gasteiger partial charge < -0.3 is 16.4 Å². The van der Waals surface area contributed by atoms with Crippen LogP contribution in [0.15, 0.2) is 18.2 Å². The highest BCUT2D eigenvalue weighted by atomic mass is 16.2. The lowest BCUT2D eigenvalue weighted by Gasteiger charge is -2.21. The van der Waals surface area contributed by atoms with Crippen molar-refractivity contribution in [2.45, 2.75) is 27.7 Å². The molecule has 0 fully saturated rings. The van der Waals surface area contributed by atoms with Gasteiger partial charge >= 0.3 is 0 Å². The summed E-state index contributed by atoms with van der Waals surface area (Å²) in [6.45, 7) is 8.36. The molecule has 0 atom stereocenters. The fraction of sp³-hybridized carbons (Fsp3) is 0.467. The Bertz CT molecular complexity index is 510. The highest BCUT2D eigenvalue weighted by Gasteiger charge is 2.25. The van der Waals surface area contributed by atoms with Crippen LogP contribution in [-0.4, -0.2) is 24.9 Å². The van der Waals surface area contributed by atoms with Gasteiger partial charge in [0.2, 0.25) is 5.91 Å². The second-order valence-electron chi connectivity index (χ2n) is 5.49. The number of carbonyl (C=O) groups is 2. The Morgan fingerprint density at radius 2 is 1.95 bits per heavy atom. The first-order chi connectivity index (χ1) is 9.27. The van der Waals surface area contributed by atoms with E-state index in [1.165, 1.54) is 0 Å². The fourth-order valence-electron chi connectivity index (χ4n) is 1.72. The normalized spacial score (nSPS) is 11.0. The summed E-state index contributed by atoms with van der Waals surface area (Å²) in [6, 6.07) is 5.57. The quantitative estimate of drug-likeness (QED) is 0.739. The molecule has 1 aromatic rings. The summed E-state index contributed by atoms with van der Waals surface area (Å²) in [7, 11) is 0. The van der Waals surface area contributed by atoms with E-state index in [4.69, 9.17) is 5.73 Å². The molecule has 0 bridgehead atoms. The second kappa shape index (κ2) is 6.41. The molecule has 0 heterocycles. The smallest absolute Gasteiger partial charge is 0.251 e. The molecule has 2 amide bonds. The average Bonchev–Trinajstić information content (AvgIpc) is 2.36. The van der Waals surface area contributed by atoms with Crippen molar-refractivity contribution in [2.75, 3.05) is 18.4 Å². The number of carbonyl (C=O) groups excluding carboxylic acids is 2. The first kappa shape index (κ1) is 16.0. The van der Waals surface area contributed by atoms with Crippen LogP contribution in [0.2, 0.25) is 0 Å². The Balaban J connectivity index is 2.76. The number of benzene rings is 1. The molecule has 0 radical (unpaired) electrons. The minimum atomic E-state index is -0.757. The number of hydrogen-bond acceptors (Lipinski definition) is 3. The van der Waals surface area contributed by atoms with E-state index in [2.05, 4.69) is 10.6 Å². The van der Waals surface area contributed by atoms with Crippen LogP contribution in [0.4, 0.5) is 5.69 Å². The predicted molar refractivity (Wildman–Crippen MR) is 80.7 cm³/mol. The Morgan fingerprint density at radius 1 is 1.30 bits per heavy atom. The molecule has 20 heavy (non-hydrogen) atoms. The molecule has 0 aliphatic carbocycles. The van der Waals surface area contributed by atoms with Crippen molar-refractivity contribution < 1.29 is 9.59 Å². The number of nitrogens with two attached hydrogens (primary N) is 1. The highest BCUT2D eigenvalue weighted by molar-refractivity contribution is 5.96. The first-order valence-electron chi connectivity index (χ1n) is 6.70. The van der Waals surface area contributed by atoms with Crippen LogP contribution in [-0.2, 0) is 4.79 Å². The lowest BCUT2D eigenvalue weighted by molar-refractivity contribution is -0.125. The molecule has 110 valence electrons. The zero-order valence-corrected chi connectivity index (χ0v) is 12.5. The molecular weight excluding hydrogens is 254 g/mol. The van der Waals surface area contributed by atoms with Gasteiger partial charge in [0.1, 0.15) is 0 Å².